The topological polar surface area (TPSA) is 33.2 Å². The molecule has 0 aromatic carbocycles. The lowest BCUT2D eigenvalue weighted by molar-refractivity contribution is -0.118. The maximum atomic E-state index is 12.1. The van der Waals surface area contributed by atoms with E-state index in [9.17, 15) is 4.79 Å². The summed E-state index contributed by atoms with van der Waals surface area (Å²) in [6.45, 7) is 8.26. The molecule has 1 saturated carbocycles. The monoisotopic (exact) mass is 376 g/mol. The highest BCUT2D eigenvalue weighted by atomic mass is 16.1. The Morgan fingerprint density at radius 2 is 2.00 bits per heavy atom. The Bertz CT molecular complexity index is 900. The Hall–Kier alpha value is -1.90. The molecule has 5 atom stereocenters. The minimum Gasteiger partial charge on any atom is -0.377 e. The second-order valence-corrected chi connectivity index (χ2v) is 10.2. The molecule has 2 fully saturated rings. The van der Waals surface area contributed by atoms with Gasteiger partial charge in [0.15, 0.2) is 5.78 Å². The lowest BCUT2D eigenvalue weighted by atomic mass is 9.49. The van der Waals surface area contributed by atoms with Gasteiger partial charge in [0, 0.05) is 49.6 Å². The van der Waals surface area contributed by atoms with Crippen LogP contribution >= 0.6 is 0 Å². The molecular formula is C25H32N2O. The summed E-state index contributed by atoms with van der Waals surface area (Å²) in [6, 6.07) is 2.14. The molecule has 5 rings (SSSR count). The van der Waals surface area contributed by atoms with E-state index in [4.69, 9.17) is 0 Å². The molecule has 28 heavy (non-hydrogen) atoms. The number of pyridine rings is 1. The fourth-order valence-corrected chi connectivity index (χ4v) is 7.30. The third-order valence-corrected chi connectivity index (χ3v) is 8.84. The predicted molar refractivity (Wildman–Crippen MR) is 112 cm³/mol. The number of hydrogen-bond donors (Lipinski definition) is 0. The summed E-state index contributed by atoms with van der Waals surface area (Å²) < 4.78 is 0. The molecule has 1 aromatic heterocycles. The van der Waals surface area contributed by atoms with Crippen LogP contribution in [0, 0.1) is 35.5 Å². The number of carbonyl (C=O) groups is 1. The van der Waals surface area contributed by atoms with Gasteiger partial charge in [0.05, 0.1) is 0 Å². The Kier molecular flexibility index (Phi) is 3.92. The first-order chi connectivity index (χ1) is 13.3. The summed E-state index contributed by atoms with van der Waals surface area (Å²) in [5.74, 6) is 2.41. The van der Waals surface area contributed by atoms with Gasteiger partial charge in [0.2, 0.25) is 0 Å². The molecule has 0 unspecified atom stereocenters. The molecule has 0 amide bonds. The maximum absolute atomic E-state index is 12.1. The number of carbonyl (C=O) groups excluding carboxylic acids is 1. The number of rotatable bonds is 1. The fraction of sp³-hybridized carbons (Fsp3) is 0.600. The molecule has 0 N–H and O–H groups in total. The van der Waals surface area contributed by atoms with E-state index in [0.717, 1.165) is 19.4 Å². The average Bonchev–Trinajstić information content (AvgIpc) is 3.01. The number of aryl methyl sites for hydroxylation is 1. The van der Waals surface area contributed by atoms with Crippen LogP contribution < -0.4 is 0 Å². The third-order valence-electron chi connectivity index (χ3n) is 8.84. The van der Waals surface area contributed by atoms with Crippen molar-refractivity contribution in [1.29, 1.82) is 0 Å². The lowest BCUT2D eigenvalue weighted by Crippen LogP contribution is -2.56. The predicted octanol–water partition coefficient (Wildman–Crippen LogP) is 5.02. The van der Waals surface area contributed by atoms with Gasteiger partial charge in [-0.05, 0) is 78.5 Å². The lowest BCUT2D eigenvalue weighted by Gasteiger charge is -2.60. The largest absolute Gasteiger partial charge is 0.377 e. The SMILES string of the molecule is Cc1ccncc1C1=CC[C@H]2[C@@H]3CN(C)C4=CC(=O)CC[C@]4(C)[C@H]3CC[C@]12C. The molecule has 4 aliphatic rings. The Balaban J connectivity index is 1.52. The molecule has 1 saturated heterocycles. The summed E-state index contributed by atoms with van der Waals surface area (Å²) in [7, 11) is 2.21. The summed E-state index contributed by atoms with van der Waals surface area (Å²) >= 11 is 0. The van der Waals surface area contributed by atoms with Crippen LogP contribution in [0.5, 0.6) is 0 Å². The average molecular weight is 377 g/mol. The molecule has 2 heterocycles. The molecule has 0 spiro atoms. The first kappa shape index (κ1) is 18.1. The minimum atomic E-state index is 0.167. The number of allylic oxidation sites excluding steroid dienone is 4. The van der Waals surface area contributed by atoms with Crippen molar-refractivity contribution < 1.29 is 4.79 Å². The number of piperidine rings is 1. The van der Waals surface area contributed by atoms with Gasteiger partial charge < -0.3 is 4.90 Å². The smallest absolute Gasteiger partial charge is 0.157 e. The second-order valence-electron chi connectivity index (χ2n) is 10.2. The highest BCUT2D eigenvalue weighted by Gasteiger charge is 2.58. The van der Waals surface area contributed by atoms with E-state index in [1.165, 1.54) is 41.7 Å². The molecular weight excluding hydrogens is 344 g/mol. The summed E-state index contributed by atoms with van der Waals surface area (Å²) in [4.78, 5) is 19.0. The maximum Gasteiger partial charge on any atom is 0.157 e. The van der Waals surface area contributed by atoms with Crippen LogP contribution in [0.1, 0.15) is 57.1 Å². The van der Waals surface area contributed by atoms with Crippen LogP contribution in [0.2, 0.25) is 0 Å². The van der Waals surface area contributed by atoms with Crippen LogP contribution in [0.4, 0.5) is 0 Å². The number of likely N-dealkylation sites (tertiary alicyclic amines) is 1. The molecule has 0 radical (unpaired) electrons. The summed E-state index contributed by atoms with van der Waals surface area (Å²) in [5, 5.41) is 0. The standard InChI is InChI=1S/C25H32N2O/c1-16-9-12-26-14-18(16)20-5-6-21-19-15-27(4)23-13-17(28)7-10-25(23,3)22(19)8-11-24(20,21)2/h5,9,12-14,19,21-22H,6-8,10-11,15H2,1-4H3/t19-,21-,22-,24+,25+/m0/s1. The van der Waals surface area contributed by atoms with E-state index in [-0.39, 0.29) is 10.8 Å². The van der Waals surface area contributed by atoms with Crippen LogP contribution in [0.3, 0.4) is 0 Å². The summed E-state index contributed by atoms with van der Waals surface area (Å²) in [6.07, 6.45) is 13.9. The van der Waals surface area contributed by atoms with Gasteiger partial charge in [0.25, 0.3) is 0 Å². The van der Waals surface area contributed by atoms with Crippen LogP contribution in [0.25, 0.3) is 5.57 Å². The molecule has 3 nitrogen and oxygen atoms in total. The van der Waals surface area contributed by atoms with Crippen molar-refractivity contribution in [1.82, 2.24) is 9.88 Å². The van der Waals surface area contributed by atoms with Crippen molar-refractivity contribution in [3.8, 4) is 0 Å². The zero-order chi connectivity index (χ0) is 19.7. The van der Waals surface area contributed by atoms with Gasteiger partial charge >= 0.3 is 0 Å². The molecule has 1 aromatic rings. The molecule has 1 aliphatic heterocycles. The van der Waals surface area contributed by atoms with E-state index >= 15 is 0 Å². The fourth-order valence-electron chi connectivity index (χ4n) is 7.30. The normalized spacial score (nSPS) is 39.6. The van der Waals surface area contributed by atoms with Crippen molar-refractivity contribution in [2.75, 3.05) is 13.6 Å². The molecule has 3 aliphatic carbocycles. The quantitative estimate of drug-likeness (QED) is 0.690. The third kappa shape index (κ3) is 2.34. The number of ketones is 1. The van der Waals surface area contributed by atoms with E-state index < -0.39 is 0 Å². The number of aromatic nitrogens is 1. The number of nitrogens with zero attached hydrogens (tertiary/aromatic N) is 2. The minimum absolute atomic E-state index is 0.167. The van der Waals surface area contributed by atoms with Crippen molar-refractivity contribution >= 4 is 11.4 Å². The van der Waals surface area contributed by atoms with Gasteiger partial charge in [0.1, 0.15) is 0 Å². The Morgan fingerprint density at radius 1 is 1.18 bits per heavy atom. The Morgan fingerprint density at radius 3 is 2.79 bits per heavy atom. The van der Waals surface area contributed by atoms with E-state index in [1.54, 1.807) is 0 Å². The van der Waals surface area contributed by atoms with Crippen LogP contribution in [-0.4, -0.2) is 29.3 Å². The zero-order valence-corrected chi connectivity index (χ0v) is 17.7. The summed E-state index contributed by atoms with van der Waals surface area (Å²) in [5.41, 5.74) is 5.95. The highest BCUT2D eigenvalue weighted by molar-refractivity contribution is 5.91. The molecule has 148 valence electrons. The first-order valence-electron chi connectivity index (χ1n) is 10.9. The van der Waals surface area contributed by atoms with Crippen LogP contribution in [0.15, 0.2) is 36.3 Å². The van der Waals surface area contributed by atoms with E-state index in [1.807, 2.05) is 12.3 Å². The van der Waals surface area contributed by atoms with Crippen molar-refractivity contribution in [2.24, 2.45) is 28.6 Å². The van der Waals surface area contributed by atoms with Gasteiger partial charge in [-0.2, -0.15) is 0 Å². The van der Waals surface area contributed by atoms with Crippen LogP contribution in [-0.2, 0) is 4.79 Å². The highest BCUT2D eigenvalue weighted by Crippen LogP contribution is 2.65. The van der Waals surface area contributed by atoms with Crippen molar-refractivity contribution in [3.63, 3.8) is 0 Å². The second kappa shape index (κ2) is 6.05. The van der Waals surface area contributed by atoms with Crippen molar-refractivity contribution in [2.45, 2.75) is 52.9 Å². The Labute approximate surface area is 168 Å². The van der Waals surface area contributed by atoms with Gasteiger partial charge in [-0.3, -0.25) is 9.78 Å². The molecule has 3 heteroatoms. The zero-order valence-electron chi connectivity index (χ0n) is 17.7. The van der Waals surface area contributed by atoms with E-state index in [2.05, 4.69) is 56.0 Å². The van der Waals surface area contributed by atoms with Gasteiger partial charge in [-0.1, -0.05) is 19.9 Å². The van der Waals surface area contributed by atoms with Gasteiger partial charge in [-0.25, -0.2) is 0 Å². The van der Waals surface area contributed by atoms with Gasteiger partial charge in [-0.15, -0.1) is 0 Å². The number of hydrogen-bond acceptors (Lipinski definition) is 3. The molecule has 0 bridgehead atoms. The van der Waals surface area contributed by atoms with E-state index in [0.29, 0.717) is 23.5 Å². The number of fused-ring (bicyclic) bond motifs is 5. The van der Waals surface area contributed by atoms with Crippen molar-refractivity contribution in [3.05, 3.63) is 47.4 Å². The first-order valence-corrected chi connectivity index (χ1v) is 10.9.